The van der Waals surface area contributed by atoms with Crippen LogP contribution >= 0.6 is 0 Å². The molecule has 2 nitrogen and oxygen atoms in total. The van der Waals surface area contributed by atoms with Crippen LogP contribution in [0, 0.1) is 11.8 Å². The number of hydrogen-bond donors (Lipinski definition) is 1. The van der Waals surface area contributed by atoms with Crippen LogP contribution in [0.1, 0.15) is 39.0 Å². The Kier molecular flexibility index (Phi) is 4.33. The molecule has 1 aliphatic carbocycles. The van der Waals surface area contributed by atoms with E-state index in [-0.39, 0.29) is 5.92 Å². The second-order valence-electron chi connectivity index (χ2n) is 4.46. The molecule has 0 bridgehead atoms. The molecule has 0 saturated heterocycles. The van der Waals surface area contributed by atoms with Crippen molar-refractivity contribution in [2.24, 2.45) is 17.6 Å². The van der Waals surface area contributed by atoms with Crippen molar-refractivity contribution in [3.63, 3.8) is 0 Å². The summed E-state index contributed by atoms with van der Waals surface area (Å²) in [7, 11) is 0. The van der Waals surface area contributed by atoms with Crippen LogP contribution in [-0.2, 0) is 4.79 Å². The number of hydrogen-bond acceptors (Lipinski definition) is 2. The Morgan fingerprint density at radius 1 is 1.43 bits per heavy atom. The second kappa shape index (κ2) is 5.30. The van der Waals surface area contributed by atoms with Crippen LogP contribution in [0.5, 0.6) is 0 Å². The zero-order valence-corrected chi connectivity index (χ0v) is 9.09. The number of rotatable bonds is 5. The molecule has 14 heavy (non-hydrogen) atoms. The van der Waals surface area contributed by atoms with Crippen molar-refractivity contribution >= 4 is 5.78 Å². The van der Waals surface area contributed by atoms with Gasteiger partial charge in [-0.05, 0) is 38.6 Å². The summed E-state index contributed by atoms with van der Waals surface area (Å²) in [5.74, 6) is 1.10. The average molecular weight is 195 g/mol. The van der Waals surface area contributed by atoms with E-state index in [0.717, 1.165) is 24.8 Å². The largest absolute Gasteiger partial charge is 0.330 e. The Balaban J connectivity index is 2.39. The lowest BCUT2D eigenvalue weighted by Crippen LogP contribution is -2.25. The third-order valence-corrected chi connectivity index (χ3v) is 3.17. The Labute approximate surface area is 86.6 Å². The van der Waals surface area contributed by atoms with Crippen molar-refractivity contribution in [2.75, 3.05) is 6.54 Å². The highest BCUT2D eigenvalue weighted by Gasteiger charge is 2.30. The minimum absolute atomic E-state index is 0.249. The predicted octanol–water partition coefficient (Wildman–Crippen LogP) is 2.29. The summed E-state index contributed by atoms with van der Waals surface area (Å²) >= 11 is 0. The number of allylic oxidation sites excluding steroid dienone is 1. The molecule has 80 valence electrons. The van der Waals surface area contributed by atoms with E-state index in [2.05, 4.69) is 6.58 Å². The molecule has 0 aromatic heterocycles. The van der Waals surface area contributed by atoms with Gasteiger partial charge in [0.1, 0.15) is 5.78 Å². The number of nitrogens with two attached hydrogens (primary N) is 1. The number of ketones is 1. The van der Waals surface area contributed by atoms with Crippen LogP contribution in [0.15, 0.2) is 12.2 Å². The van der Waals surface area contributed by atoms with Gasteiger partial charge in [0.2, 0.25) is 0 Å². The summed E-state index contributed by atoms with van der Waals surface area (Å²) in [5.41, 5.74) is 6.75. The van der Waals surface area contributed by atoms with Crippen LogP contribution < -0.4 is 5.73 Å². The highest BCUT2D eigenvalue weighted by atomic mass is 16.1. The molecule has 0 aromatic carbocycles. The maximum atomic E-state index is 11.8. The van der Waals surface area contributed by atoms with Crippen molar-refractivity contribution in [1.29, 1.82) is 0 Å². The van der Waals surface area contributed by atoms with Gasteiger partial charge in [-0.1, -0.05) is 12.0 Å². The van der Waals surface area contributed by atoms with Crippen LogP contribution in [0.2, 0.25) is 0 Å². The molecule has 2 N–H and O–H groups in total. The maximum Gasteiger partial charge on any atom is 0.136 e. The normalized spacial score (nSPS) is 26.4. The molecule has 0 heterocycles. The summed E-state index contributed by atoms with van der Waals surface area (Å²) < 4.78 is 0. The molecule has 2 atom stereocenters. The zero-order chi connectivity index (χ0) is 10.6. The first-order valence-corrected chi connectivity index (χ1v) is 5.52. The summed E-state index contributed by atoms with van der Waals surface area (Å²) in [6.45, 7) is 6.46. The Bertz CT molecular complexity index is 222. The second-order valence-corrected chi connectivity index (χ2v) is 4.46. The topological polar surface area (TPSA) is 43.1 Å². The Morgan fingerprint density at radius 2 is 2.14 bits per heavy atom. The number of carbonyl (C=O) groups excluding carboxylic acids is 1. The van der Waals surface area contributed by atoms with E-state index in [4.69, 9.17) is 5.73 Å². The Hall–Kier alpha value is -0.630. The van der Waals surface area contributed by atoms with E-state index in [1.54, 1.807) is 0 Å². The molecule has 0 aliphatic heterocycles. The molecule has 2 heteroatoms. The van der Waals surface area contributed by atoms with Crippen LogP contribution in [0.4, 0.5) is 0 Å². The smallest absolute Gasteiger partial charge is 0.136 e. The summed E-state index contributed by atoms with van der Waals surface area (Å²) in [4.78, 5) is 11.8. The quantitative estimate of drug-likeness (QED) is 0.684. The van der Waals surface area contributed by atoms with Gasteiger partial charge in [0.05, 0.1) is 0 Å². The molecule has 1 fully saturated rings. The van der Waals surface area contributed by atoms with E-state index in [0.29, 0.717) is 24.7 Å². The van der Waals surface area contributed by atoms with Gasteiger partial charge in [0, 0.05) is 12.3 Å². The molecule has 0 amide bonds. The van der Waals surface area contributed by atoms with Crippen molar-refractivity contribution in [3.05, 3.63) is 12.2 Å². The van der Waals surface area contributed by atoms with Gasteiger partial charge >= 0.3 is 0 Å². The molecule has 2 unspecified atom stereocenters. The van der Waals surface area contributed by atoms with E-state index in [1.165, 1.54) is 6.42 Å². The number of carbonyl (C=O) groups is 1. The van der Waals surface area contributed by atoms with Crippen LogP contribution in [0.25, 0.3) is 0 Å². The van der Waals surface area contributed by atoms with Gasteiger partial charge in [-0.3, -0.25) is 4.79 Å². The molecule has 0 radical (unpaired) electrons. The van der Waals surface area contributed by atoms with E-state index in [9.17, 15) is 4.79 Å². The first-order chi connectivity index (χ1) is 6.65. The average Bonchev–Trinajstić information content (AvgIpc) is 2.61. The fourth-order valence-corrected chi connectivity index (χ4v) is 2.26. The van der Waals surface area contributed by atoms with Gasteiger partial charge in [-0.25, -0.2) is 0 Å². The van der Waals surface area contributed by atoms with E-state index in [1.807, 2.05) is 6.92 Å². The van der Waals surface area contributed by atoms with Gasteiger partial charge in [-0.15, -0.1) is 6.58 Å². The minimum Gasteiger partial charge on any atom is -0.330 e. The molecule has 1 aliphatic rings. The minimum atomic E-state index is 0.249. The number of Topliss-reactive ketones (excluding diaryl/α,β-unsaturated/α-hetero) is 1. The fourth-order valence-electron chi connectivity index (χ4n) is 2.26. The van der Waals surface area contributed by atoms with Gasteiger partial charge in [0.25, 0.3) is 0 Å². The van der Waals surface area contributed by atoms with Crippen molar-refractivity contribution < 1.29 is 4.79 Å². The van der Waals surface area contributed by atoms with Crippen molar-refractivity contribution in [1.82, 2.24) is 0 Å². The highest BCUT2D eigenvalue weighted by molar-refractivity contribution is 5.81. The highest BCUT2D eigenvalue weighted by Crippen LogP contribution is 2.32. The van der Waals surface area contributed by atoms with Crippen LogP contribution in [-0.4, -0.2) is 12.3 Å². The molecular weight excluding hydrogens is 174 g/mol. The SMILES string of the molecule is C=C(C)CCC(=O)C1CCCC1CN. The van der Waals surface area contributed by atoms with Crippen molar-refractivity contribution in [2.45, 2.75) is 39.0 Å². The summed E-state index contributed by atoms with van der Waals surface area (Å²) in [5, 5.41) is 0. The summed E-state index contributed by atoms with van der Waals surface area (Å²) in [6.07, 6.45) is 4.87. The molecule has 1 saturated carbocycles. The first-order valence-electron chi connectivity index (χ1n) is 5.52. The summed E-state index contributed by atoms with van der Waals surface area (Å²) in [6, 6.07) is 0. The molecule has 1 rings (SSSR count). The van der Waals surface area contributed by atoms with E-state index >= 15 is 0 Å². The zero-order valence-electron chi connectivity index (χ0n) is 9.09. The molecule has 0 spiro atoms. The Morgan fingerprint density at radius 3 is 2.71 bits per heavy atom. The van der Waals surface area contributed by atoms with Crippen LogP contribution in [0.3, 0.4) is 0 Å². The maximum absolute atomic E-state index is 11.8. The molecular formula is C12H21NO. The van der Waals surface area contributed by atoms with Crippen molar-refractivity contribution in [3.8, 4) is 0 Å². The monoisotopic (exact) mass is 195 g/mol. The third-order valence-electron chi connectivity index (χ3n) is 3.17. The third kappa shape index (κ3) is 2.95. The fraction of sp³-hybridized carbons (Fsp3) is 0.750. The lowest BCUT2D eigenvalue weighted by Gasteiger charge is -2.16. The van der Waals surface area contributed by atoms with Gasteiger partial charge in [0.15, 0.2) is 0 Å². The van der Waals surface area contributed by atoms with E-state index < -0.39 is 0 Å². The first kappa shape index (κ1) is 11.4. The lowest BCUT2D eigenvalue weighted by molar-refractivity contribution is -0.123. The lowest BCUT2D eigenvalue weighted by atomic mass is 9.89. The molecule has 0 aromatic rings. The predicted molar refractivity (Wildman–Crippen MR) is 58.9 cm³/mol. The van der Waals surface area contributed by atoms with Gasteiger partial charge in [-0.2, -0.15) is 0 Å². The van der Waals surface area contributed by atoms with Gasteiger partial charge < -0.3 is 5.73 Å². The standard InChI is InChI=1S/C12H21NO/c1-9(2)6-7-12(14)11-5-3-4-10(11)8-13/h10-11H,1,3-8,13H2,2H3.